The zero-order valence-electron chi connectivity index (χ0n) is 8.33. The normalized spacial score (nSPS) is 12.8. The first kappa shape index (κ1) is 11.5. The fourth-order valence-corrected chi connectivity index (χ4v) is 2.66. The summed E-state index contributed by atoms with van der Waals surface area (Å²) in [6.07, 6.45) is 1.44. The zero-order valence-corrected chi connectivity index (χ0v) is 9.90. The van der Waals surface area contributed by atoms with Gasteiger partial charge in [0.05, 0.1) is 10.4 Å². The largest absolute Gasteiger partial charge is 0.302 e. The van der Waals surface area contributed by atoms with Gasteiger partial charge < -0.3 is 4.90 Å². The summed E-state index contributed by atoms with van der Waals surface area (Å²) in [7, 11) is 4.05. The number of hydrogen-bond acceptors (Lipinski definition) is 3. The molecule has 0 N–H and O–H groups in total. The van der Waals surface area contributed by atoms with Crippen molar-refractivity contribution in [1.82, 2.24) is 4.90 Å². The van der Waals surface area contributed by atoms with Gasteiger partial charge in [0.2, 0.25) is 0 Å². The quantitative estimate of drug-likeness (QED) is 0.791. The van der Waals surface area contributed by atoms with Gasteiger partial charge in [-0.3, -0.25) is 0 Å². The Morgan fingerprint density at radius 1 is 1.57 bits per heavy atom. The Balaban J connectivity index is 2.73. The van der Waals surface area contributed by atoms with Crippen LogP contribution in [-0.4, -0.2) is 19.0 Å². The maximum Gasteiger partial charge on any atom is 0.0931 e. The molecule has 0 saturated carbocycles. The zero-order chi connectivity index (χ0) is 10.6. The van der Waals surface area contributed by atoms with E-state index in [1.807, 2.05) is 26.2 Å². The van der Waals surface area contributed by atoms with Gasteiger partial charge in [0.25, 0.3) is 0 Å². The van der Waals surface area contributed by atoms with Crippen LogP contribution in [-0.2, 0) is 0 Å². The molecule has 0 bridgehead atoms. The van der Waals surface area contributed by atoms with Crippen LogP contribution >= 0.6 is 22.9 Å². The summed E-state index contributed by atoms with van der Waals surface area (Å²) < 4.78 is 0.809. The summed E-state index contributed by atoms with van der Waals surface area (Å²) in [6.45, 7) is 0. The summed E-state index contributed by atoms with van der Waals surface area (Å²) in [5.41, 5.74) is 0. The van der Waals surface area contributed by atoms with E-state index in [-0.39, 0.29) is 0 Å². The molecule has 76 valence electrons. The van der Waals surface area contributed by atoms with E-state index in [2.05, 4.69) is 11.0 Å². The second-order valence-corrected chi connectivity index (χ2v) is 5.06. The summed E-state index contributed by atoms with van der Waals surface area (Å²) in [5, 5.41) is 8.56. The third-order valence-corrected chi connectivity index (χ3v) is 3.41. The van der Waals surface area contributed by atoms with Gasteiger partial charge in [-0.25, -0.2) is 0 Å². The van der Waals surface area contributed by atoms with Gasteiger partial charge in [-0.05, 0) is 32.6 Å². The molecular formula is C10H13ClN2S. The van der Waals surface area contributed by atoms with Crippen LogP contribution in [0.3, 0.4) is 0 Å². The van der Waals surface area contributed by atoms with Crippen LogP contribution in [0.2, 0.25) is 4.34 Å². The first-order chi connectivity index (χ1) is 6.65. The van der Waals surface area contributed by atoms with Gasteiger partial charge in [-0.1, -0.05) is 11.6 Å². The molecule has 1 unspecified atom stereocenters. The Labute approximate surface area is 93.7 Å². The van der Waals surface area contributed by atoms with E-state index in [0.29, 0.717) is 12.5 Å². The number of hydrogen-bond donors (Lipinski definition) is 0. The van der Waals surface area contributed by atoms with Crippen molar-refractivity contribution in [2.24, 2.45) is 0 Å². The van der Waals surface area contributed by atoms with Gasteiger partial charge in [0, 0.05) is 17.3 Å². The van der Waals surface area contributed by atoms with Crippen molar-refractivity contribution in [1.29, 1.82) is 5.26 Å². The lowest BCUT2D eigenvalue weighted by atomic mass is 10.1. The third kappa shape index (κ3) is 2.98. The Morgan fingerprint density at radius 2 is 2.29 bits per heavy atom. The second kappa shape index (κ2) is 5.35. The molecule has 4 heteroatoms. The molecule has 0 radical (unpaired) electrons. The monoisotopic (exact) mass is 228 g/mol. The predicted octanol–water partition coefficient (Wildman–Crippen LogP) is 3.31. The van der Waals surface area contributed by atoms with E-state index in [1.54, 1.807) is 11.3 Å². The minimum Gasteiger partial charge on any atom is -0.302 e. The van der Waals surface area contributed by atoms with Crippen LogP contribution in [0.1, 0.15) is 23.8 Å². The lowest BCUT2D eigenvalue weighted by molar-refractivity contribution is 0.290. The van der Waals surface area contributed by atoms with E-state index >= 15 is 0 Å². The Morgan fingerprint density at radius 3 is 2.71 bits per heavy atom. The standard InChI is InChI=1S/C10H13ClN2S/c1-13(2)8(4-3-7-12)9-5-6-10(11)14-9/h5-6,8H,3-4H2,1-2H3. The van der Waals surface area contributed by atoms with Crippen molar-refractivity contribution in [2.75, 3.05) is 14.1 Å². The minimum atomic E-state index is 0.312. The molecule has 0 saturated heterocycles. The highest BCUT2D eigenvalue weighted by molar-refractivity contribution is 7.16. The Kier molecular flexibility index (Phi) is 4.40. The average molecular weight is 229 g/mol. The molecule has 0 aliphatic heterocycles. The molecule has 14 heavy (non-hydrogen) atoms. The Bertz CT molecular complexity index is 327. The fourth-order valence-electron chi connectivity index (χ4n) is 1.36. The highest BCUT2D eigenvalue weighted by atomic mass is 35.5. The van der Waals surface area contributed by atoms with Gasteiger partial charge >= 0.3 is 0 Å². The van der Waals surface area contributed by atoms with Crippen molar-refractivity contribution in [2.45, 2.75) is 18.9 Å². The highest BCUT2D eigenvalue weighted by Gasteiger charge is 2.15. The first-order valence-electron chi connectivity index (χ1n) is 4.43. The van der Waals surface area contributed by atoms with Crippen LogP contribution in [0.4, 0.5) is 0 Å². The SMILES string of the molecule is CN(C)C(CCC#N)c1ccc(Cl)s1. The molecule has 0 aliphatic carbocycles. The third-order valence-electron chi connectivity index (χ3n) is 2.08. The molecule has 1 aromatic rings. The molecule has 0 aliphatic rings. The van der Waals surface area contributed by atoms with E-state index in [0.717, 1.165) is 10.8 Å². The summed E-state index contributed by atoms with van der Waals surface area (Å²) in [4.78, 5) is 3.36. The van der Waals surface area contributed by atoms with E-state index in [9.17, 15) is 0 Å². The van der Waals surface area contributed by atoms with E-state index in [1.165, 1.54) is 4.88 Å². The lowest BCUT2D eigenvalue weighted by Crippen LogP contribution is -2.18. The number of rotatable bonds is 4. The van der Waals surface area contributed by atoms with Crippen LogP contribution in [0.25, 0.3) is 0 Å². The van der Waals surface area contributed by atoms with E-state index < -0.39 is 0 Å². The summed E-state index contributed by atoms with van der Waals surface area (Å²) >= 11 is 7.47. The number of nitriles is 1. The van der Waals surface area contributed by atoms with Crippen molar-refractivity contribution in [3.63, 3.8) is 0 Å². The van der Waals surface area contributed by atoms with Crippen molar-refractivity contribution < 1.29 is 0 Å². The molecule has 0 spiro atoms. The first-order valence-corrected chi connectivity index (χ1v) is 5.63. The number of nitrogens with zero attached hydrogens (tertiary/aromatic N) is 2. The van der Waals surface area contributed by atoms with Gasteiger partial charge in [-0.15, -0.1) is 11.3 Å². The molecule has 2 nitrogen and oxygen atoms in total. The van der Waals surface area contributed by atoms with Crippen LogP contribution in [0, 0.1) is 11.3 Å². The van der Waals surface area contributed by atoms with Crippen LogP contribution in [0.5, 0.6) is 0 Å². The maximum atomic E-state index is 8.56. The molecule has 1 heterocycles. The molecular weight excluding hydrogens is 216 g/mol. The molecule has 1 atom stereocenters. The maximum absolute atomic E-state index is 8.56. The van der Waals surface area contributed by atoms with E-state index in [4.69, 9.17) is 16.9 Å². The van der Waals surface area contributed by atoms with Gasteiger partial charge in [0.15, 0.2) is 0 Å². The molecule has 1 aromatic heterocycles. The Hall–Kier alpha value is -0.560. The van der Waals surface area contributed by atoms with Crippen LogP contribution in [0.15, 0.2) is 12.1 Å². The summed E-state index contributed by atoms with van der Waals surface area (Å²) in [5.74, 6) is 0. The molecule has 0 fully saturated rings. The van der Waals surface area contributed by atoms with Crippen LogP contribution < -0.4 is 0 Å². The van der Waals surface area contributed by atoms with Crippen molar-refractivity contribution in [3.05, 3.63) is 21.3 Å². The number of halogens is 1. The molecule has 1 rings (SSSR count). The predicted molar refractivity (Wildman–Crippen MR) is 60.6 cm³/mol. The smallest absolute Gasteiger partial charge is 0.0931 e. The number of thiophene rings is 1. The van der Waals surface area contributed by atoms with Crippen molar-refractivity contribution in [3.8, 4) is 6.07 Å². The second-order valence-electron chi connectivity index (χ2n) is 3.32. The van der Waals surface area contributed by atoms with Gasteiger partial charge in [0.1, 0.15) is 0 Å². The molecule has 0 aromatic carbocycles. The van der Waals surface area contributed by atoms with Gasteiger partial charge in [-0.2, -0.15) is 5.26 Å². The highest BCUT2D eigenvalue weighted by Crippen LogP contribution is 2.31. The lowest BCUT2D eigenvalue weighted by Gasteiger charge is -2.21. The molecule has 0 amide bonds. The topological polar surface area (TPSA) is 27.0 Å². The minimum absolute atomic E-state index is 0.312. The van der Waals surface area contributed by atoms with Crippen molar-refractivity contribution >= 4 is 22.9 Å². The average Bonchev–Trinajstić information content (AvgIpc) is 2.52. The summed E-state index contributed by atoms with van der Waals surface area (Å²) in [6, 6.07) is 6.43. The fraction of sp³-hybridized carbons (Fsp3) is 0.500.